The van der Waals surface area contributed by atoms with Gasteiger partial charge in [-0.3, -0.25) is 9.78 Å². The maximum Gasteiger partial charge on any atom is 0.257 e. The van der Waals surface area contributed by atoms with Gasteiger partial charge in [0.15, 0.2) is 5.13 Å². The number of carbonyl (C=O) groups is 1. The van der Waals surface area contributed by atoms with Gasteiger partial charge in [0.1, 0.15) is 21.8 Å². The Morgan fingerprint density at radius 2 is 1.80 bits per heavy atom. The first kappa shape index (κ1) is 18.5. The van der Waals surface area contributed by atoms with Crippen LogP contribution in [0.15, 0.2) is 67.1 Å². The predicted octanol–water partition coefficient (Wildman–Crippen LogP) is 3.84. The average Bonchev–Trinajstić information content (AvgIpc) is 3.24. The van der Waals surface area contributed by atoms with Crippen molar-refractivity contribution in [1.82, 2.24) is 19.9 Å². The molecule has 5 rings (SSSR count). The van der Waals surface area contributed by atoms with Crippen molar-refractivity contribution in [2.75, 3.05) is 31.1 Å². The number of ether oxygens (including phenoxy) is 1. The molecule has 0 unspecified atom stereocenters. The van der Waals surface area contributed by atoms with E-state index in [0.29, 0.717) is 30.2 Å². The average molecular weight is 417 g/mol. The van der Waals surface area contributed by atoms with Crippen LogP contribution in [0.4, 0.5) is 5.13 Å². The zero-order chi connectivity index (χ0) is 20.3. The number of para-hydroxylation sites is 1. The number of amides is 1. The molecule has 0 saturated carbocycles. The third-order valence-corrected chi connectivity index (χ3v) is 6.01. The van der Waals surface area contributed by atoms with Crippen molar-refractivity contribution < 1.29 is 9.53 Å². The summed E-state index contributed by atoms with van der Waals surface area (Å²) >= 11 is 1.59. The third kappa shape index (κ3) is 3.69. The van der Waals surface area contributed by atoms with E-state index in [1.807, 2.05) is 41.3 Å². The summed E-state index contributed by atoms with van der Waals surface area (Å²) in [4.78, 5) is 31.3. The van der Waals surface area contributed by atoms with Crippen LogP contribution < -0.4 is 9.64 Å². The van der Waals surface area contributed by atoms with Gasteiger partial charge < -0.3 is 14.5 Å². The van der Waals surface area contributed by atoms with Crippen LogP contribution in [0.2, 0.25) is 0 Å². The smallest absolute Gasteiger partial charge is 0.257 e. The molecular weight excluding hydrogens is 398 g/mol. The molecule has 30 heavy (non-hydrogen) atoms. The molecule has 0 atom stereocenters. The van der Waals surface area contributed by atoms with Gasteiger partial charge in [-0.2, -0.15) is 0 Å². The number of anilines is 1. The van der Waals surface area contributed by atoms with E-state index < -0.39 is 0 Å². The van der Waals surface area contributed by atoms with Gasteiger partial charge in [-0.1, -0.05) is 23.5 Å². The Labute approximate surface area is 177 Å². The summed E-state index contributed by atoms with van der Waals surface area (Å²) in [5.41, 5.74) is 1.47. The number of nitrogens with zero attached hydrogens (tertiary/aromatic N) is 5. The highest BCUT2D eigenvalue weighted by molar-refractivity contribution is 7.21. The first-order valence-corrected chi connectivity index (χ1v) is 10.5. The van der Waals surface area contributed by atoms with Crippen molar-refractivity contribution >= 4 is 32.7 Å². The fourth-order valence-electron chi connectivity index (χ4n) is 3.43. The fourth-order valence-corrected chi connectivity index (χ4v) is 4.39. The summed E-state index contributed by atoms with van der Waals surface area (Å²) in [5, 5.41) is 0.955. The lowest BCUT2D eigenvalue weighted by atomic mass is 10.1. The Morgan fingerprint density at radius 3 is 2.60 bits per heavy atom. The van der Waals surface area contributed by atoms with E-state index in [0.717, 1.165) is 28.6 Å². The van der Waals surface area contributed by atoms with E-state index in [9.17, 15) is 4.79 Å². The molecular formula is C22H19N5O2S. The molecule has 3 aromatic heterocycles. The largest absolute Gasteiger partial charge is 0.455 e. The van der Waals surface area contributed by atoms with E-state index >= 15 is 0 Å². The molecule has 150 valence electrons. The van der Waals surface area contributed by atoms with E-state index in [2.05, 4.69) is 19.9 Å². The number of fused-ring (bicyclic) bond motifs is 1. The van der Waals surface area contributed by atoms with Gasteiger partial charge in [-0.05, 0) is 36.4 Å². The van der Waals surface area contributed by atoms with Crippen molar-refractivity contribution in [2.45, 2.75) is 0 Å². The summed E-state index contributed by atoms with van der Waals surface area (Å²) in [5.74, 6) is 1.11. The zero-order valence-corrected chi connectivity index (χ0v) is 17.0. The summed E-state index contributed by atoms with van der Waals surface area (Å²) in [6, 6.07) is 14.8. The second-order valence-corrected chi connectivity index (χ2v) is 7.85. The molecule has 4 heterocycles. The molecule has 1 saturated heterocycles. The van der Waals surface area contributed by atoms with Crippen molar-refractivity contribution in [1.29, 1.82) is 0 Å². The minimum Gasteiger partial charge on any atom is -0.455 e. The van der Waals surface area contributed by atoms with Gasteiger partial charge >= 0.3 is 0 Å². The minimum atomic E-state index is -0.0277. The molecule has 0 spiro atoms. The van der Waals surface area contributed by atoms with Crippen molar-refractivity contribution in [3.05, 3.63) is 72.7 Å². The lowest BCUT2D eigenvalue weighted by molar-refractivity contribution is 0.0744. The Hall–Kier alpha value is -3.52. The molecule has 0 bridgehead atoms. The van der Waals surface area contributed by atoms with Crippen LogP contribution in [0.5, 0.6) is 11.5 Å². The maximum atomic E-state index is 13.2. The van der Waals surface area contributed by atoms with Crippen LogP contribution in [0.3, 0.4) is 0 Å². The topological polar surface area (TPSA) is 71.5 Å². The summed E-state index contributed by atoms with van der Waals surface area (Å²) in [7, 11) is 0. The fraction of sp³-hybridized carbons (Fsp3) is 0.182. The molecule has 8 heteroatoms. The number of hydrogen-bond donors (Lipinski definition) is 0. The van der Waals surface area contributed by atoms with Crippen molar-refractivity contribution in [2.24, 2.45) is 0 Å². The van der Waals surface area contributed by atoms with Crippen LogP contribution in [-0.2, 0) is 0 Å². The van der Waals surface area contributed by atoms with E-state index in [1.165, 1.54) is 0 Å². The van der Waals surface area contributed by atoms with Gasteiger partial charge in [-0.25, -0.2) is 9.97 Å². The molecule has 1 aliphatic heterocycles. The van der Waals surface area contributed by atoms with Gasteiger partial charge in [0, 0.05) is 38.6 Å². The number of thiazole rings is 1. The number of aromatic nitrogens is 3. The van der Waals surface area contributed by atoms with Gasteiger partial charge in [0.2, 0.25) is 0 Å². The molecule has 1 fully saturated rings. The molecule has 1 amide bonds. The molecule has 4 aromatic rings. The highest BCUT2D eigenvalue weighted by atomic mass is 32.1. The van der Waals surface area contributed by atoms with E-state index in [-0.39, 0.29) is 5.91 Å². The Bertz CT molecular complexity index is 1140. The second-order valence-electron chi connectivity index (χ2n) is 6.89. The summed E-state index contributed by atoms with van der Waals surface area (Å²) in [6.07, 6.45) is 5.10. The quantitative estimate of drug-likeness (QED) is 0.502. The van der Waals surface area contributed by atoms with E-state index in [4.69, 9.17) is 4.74 Å². The van der Waals surface area contributed by atoms with Crippen molar-refractivity contribution in [3.63, 3.8) is 0 Å². The number of hydrogen-bond acceptors (Lipinski definition) is 7. The molecule has 0 aliphatic carbocycles. The van der Waals surface area contributed by atoms with Crippen LogP contribution in [0, 0.1) is 0 Å². The predicted molar refractivity (Wildman–Crippen MR) is 116 cm³/mol. The zero-order valence-electron chi connectivity index (χ0n) is 16.1. The van der Waals surface area contributed by atoms with Crippen LogP contribution in [0.25, 0.3) is 10.3 Å². The van der Waals surface area contributed by atoms with Crippen molar-refractivity contribution in [3.8, 4) is 11.5 Å². The van der Waals surface area contributed by atoms with Crippen LogP contribution >= 0.6 is 11.3 Å². The normalized spacial score (nSPS) is 14.1. The number of pyridine rings is 2. The molecule has 0 N–H and O–H groups in total. The third-order valence-electron chi connectivity index (χ3n) is 4.97. The summed E-state index contributed by atoms with van der Waals surface area (Å²) in [6.45, 7) is 2.72. The van der Waals surface area contributed by atoms with E-state index in [1.54, 1.807) is 42.1 Å². The lowest BCUT2D eigenvalue weighted by Gasteiger charge is -2.34. The monoisotopic (exact) mass is 417 g/mol. The van der Waals surface area contributed by atoms with Gasteiger partial charge in [0.25, 0.3) is 5.91 Å². The highest BCUT2D eigenvalue weighted by Gasteiger charge is 2.26. The van der Waals surface area contributed by atoms with Gasteiger partial charge in [-0.15, -0.1) is 0 Å². The Morgan fingerprint density at radius 1 is 0.967 bits per heavy atom. The minimum absolute atomic E-state index is 0.0277. The number of piperazine rings is 1. The Balaban J connectivity index is 1.29. The summed E-state index contributed by atoms with van der Waals surface area (Å²) < 4.78 is 5.91. The standard InChI is InChI=1S/C22H19N5O2S/c28-21(17-6-1-2-8-19(17)29-16-5-3-9-23-15-16)26-11-13-27(14-12-26)22-25-18-7-4-10-24-20(18)30-22/h1-10,15H,11-14H2. The SMILES string of the molecule is O=C(c1ccccc1Oc1cccnc1)N1CCN(c2nc3cccnc3s2)CC1. The van der Waals surface area contributed by atoms with Crippen LogP contribution in [0.1, 0.15) is 10.4 Å². The number of carbonyl (C=O) groups excluding carboxylic acids is 1. The Kier molecular flexibility index (Phi) is 4.98. The lowest BCUT2D eigenvalue weighted by Crippen LogP contribution is -2.48. The molecule has 7 nitrogen and oxygen atoms in total. The van der Waals surface area contributed by atoms with Gasteiger partial charge in [0.05, 0.1) is 11.8 Å². The molecule has 1 aliphatic rings. The highest BCUT2D eigenvalue weighted by Crippen LogP contribution is 2.29. The number of rotatable bonds is 4. The molecule has 1 aromatic carbocycles. The molecule has 0 radical (unpaired) electrons. The maximum absolute atomic E-state index is 13.2. The second kappa shape index (κ2) is 8.08. The van der Waals surface area contributed by atoms with Crippen LogP contribution in [-0.4, -0.2) is 51.9 Å². The number of benzene rings is 1. The first-order valence-electron chi connectivity index (χ1n) is 9.70. The first-order chi connectivity index (χ1) is 14.8.